The Balaban J connectivity index is 2.62. The van der Waals surface area contributed by atoms with Gasteiger partial charge in [-0.15, -0.1) is 0 Å². The maximum atomic E-state index is 4.75. The molecule has 6 heteroatoms. The molecular weight excluding hydrogens is 365 g/mol. The molecular formula is C14H20IN5. The SMILES string of the molecule is CNc1nc(-c2cncn2C(C)C)nc(C(C)C)c1I. The number of imidazole rings is 1. The molecule has 5 nitrogen and oxygen atoms in total. The van der Waals surface area contributed by atoms with E-state index in [9.17, 15) is 0 Å². The smallest absolute Gasteiger partial charge is 0.180 e. The summed E-state index contributed by atoms with van der Waals surface area (Å²) in [6.07, 6.45) is 3.65. The quantitative estimate of drug-likeness (QED) is 0.816. The van der Waals surface area contributed by atoms with Gasteiger partial charge in [0, 0.05) is 13.1 Å². The second kappa shape index (κ2) is 6.07. The highest BCUT2D eigenvalue weighted by Gasteiger charge is 2.17. The van der Waals surface area contributed by atoms with E-state index in [1.54, 1.807) is 0 Å². The zero-order chi connectivity index (χ0) is 14.9. The molecule has 0 radical (unpaired) electrons. The first-order valence-electron chi connectivity index (χ1n) is 6.73. The molecule has 0 saturated heterocycles. The summed E-state index contributed by atoms with van der Waals surface area (Å²) in [5, 5.41) is 3.15. The summed E-state index contributed by atoms with van der Waals surface area (Å²) in [6, 6.07) is 0.330. The Morgan fingerprint density at radius 1 is 1.20 bits per heavy atom. The van der Waals surface area contributed by atoms with E-state index in [0.717, 1.165) is 26.6 Å². The van der Waals surface area contributed by atoms with Crippen LogP contribution in [0.4, 0.5) is 5.82 Å². The number of nitrogens with zero attached hydrogens (tertiary/aromatic N) is 4. The van der Waals surface area contributed by atoms with Crippen LogP contribution in [-0.4, -0.2) is 26.6 Å². The molecule has 0 aliphatic carbocycles. The number of aromatic nitrogens is 4. The second-order valence-electron chi connectivity index (χ2n) is 5.28. The molecule has 0 aromatic carbocycles. The molecule has 0 aliphatic rings. The van der Waals surface area contributed by atoms with Gasteiger partial charge in [0.15, 0.2) is 5.82 Å². The first-order chi connectivity index (χ1) is 9.45. The Morgan fingerprint density at radius 3 is 2.45 bits per heavy atom. The summed E-state index contributed by atoms with van der Waals surface area (Å²) in [5.74, 6) is 1.95. The van der Waals surface area contributed by atoms with Gasteiger partial charge in [0.05, 0.1) is 21.8 Å². The summed E-state index contributed by atoms with van der Waals surface area (Å²) in [6.45, 7) is 8.54. The van der Waals surface area contributed by atoms with Crippen molar-refractivity contribution in [3.8, 4) is 11.5 Å². The first-order valence-corrected chi connectivity index (χ1v) is 7.81. The molecule has 20 heavy (non-hydrogen) atoms. The van der Waals surface area contributed by atoms with Crippen molar-refractivity contribution in [2.24, 2.45) is 0 Å². The van der Waals surface area contributed by atoms with Crippen molar-refractivity contribution in [3.63, 3.8) is 0 Å². The number of nitrogens with one attached hydrogen (secondary N) is 1. The summed E-state index contributed by atoms with van der Waals surface area (Å²) in [7, 11) is 1.89. The second-order valence-corrected chi connectivity index (χ2v) is 6.36. The average molecular weight is 385 g/mol. The van der Waals surface area contributed by atoms with E-state index in [1.807, 2.05) is 19.6 Å². The largest absolute Gasteiger partial charge is 0.372 e. The molecule has 0 unspecified atom stereocenters. The maximum absolute atomic E-state index is 4.75. The molecule has 2 aromatic rings. The van der Waals surface area contributed by atoms with Crippen LogP contribution in [0, 0.1) is 3.57 Å². The lowest BCUT2D eigenvalue weighted by Gasteiger charge is -2.15. The van der Waals surface area contributed by atoms with Gasteiger partial charge in [-0.3, -0.25) is 0 Å². The van der Waals surface area contributed by atoms with E-state index in [4.69, 9.17) is 4.98 Å². The van der Waals surface area contributed by atoms with Gasteiger partial charge in [0.2, 0.25) is 0 Å². The molecule has 0 atom stereocenters. The van der Waals surface area contributed by atoms with Gasteiger partial charge in [-0.25, -0.2) is 15.0 Å². The number of rotatable bonds is 4. The Bertz CT molecular complexity index is 604. The van der Waals surface area contributed by atoms with Crippen molar-refractivity contribution in [3.05, 3.63) is 21.8 Å². The number of hydrogen-bond donors (Lipinski definition) is 1. The zero-order valence-corrected chi connectivity index (χ0v) is 14.6. The predicted molar refractivity (Wildman–Crippen MR) is 90.0 cm³/mol. The van der Waals surface area contributed by atoms with Gasteiger partial charge in [0.1, 0.15) is 11.5 Å². The third kappa shape index (κ3) is 2.79. The minimum atomic E-state index is 0.330. The van der Waals surface area contributed by atoms with E-state index in [0.29, 0.717) is 12.0 Å². The van der Waals surface area contributed by atoms with Gasteiger partial charge in [0.25, 0.3) is 0 Å². The third-order valence-electron chi connectivity index (χ3n) is 3.11. The van der Waals surface area contributed by atoms with Crippen LogP contribution < -0.4 is 5.32 Å². The van der Waals surface area contributed by atoms with E-state index < -0.39 is 0 Å². The van der Waals surface area contributed by atoms with Gasteiger partial charge in [-0.1, -0.05) is 13.8 Å². The molecule has 108 valence electrons. The molecule has 0 saturated carbocycles. The van der Waals surface area contributed by atoms with Crippen LogP contribution in [0.5, 0.6) is 0 Å². The maximum Gasteiger partial charge on any atom is 0.180 e. The highest BCUT2D eigenvalue weighted by Crippen LogP contribution is 2.28. The molecule has 0 spiro atoms. The van der Waals surface area contributed by atoms with E-state index in [1.165, 1.54) is 0 Å². The lowest BCUT2D eigenvalue weighted by atomic mass is 10.1. The standard InChI is InChI=1S/C14H20IN5/c1-8(2)12-11(15)14(16-5)19-13(18-12)10-6-17-7-20(10)9(3)4/h6-9H,1-5H3,(H,16,18,19). The zero-order valence-electron chi connectivity index (χ0n) is 12.5. The van der Waals surface area contributed by atoms with Crippen molar-refractivity contribution in [2.45, 2.75) is 39.7 Å². The minimum Gasteiger partial charge on any atom is -0.372 e. The van der Waals surface area contributed by atoms with Crippen LogP contribution in [0.1, 0.15) is 45.3 Å². The number of anilines is 1. The lowest BCUT2D eigenvalue weighted by molar-refractivity contribution is 0.603. The molecule has 0 aliphatic heterocycles. The van der Waals surface area contributed by atoms with Gasteiger partial charge in [-0.05, 0) is 42.4 Å². The molecule has 2 aromatic heterocycles. The Labute approximate surface area is 133 Å². The number of halogens is 1. The van der Waals surface area contributed by atoms with Gasteiger partial charge < -0.3 is 9.88 Å². The fourth-order valence-electron chi connectivity index (χ4n) is 2.02. The van der Waals surface area contributed by atoms with E-state index in [-0.39, 0.29) is 0 Å². The fraction of sp³-hybridized carbons (Fsp3) is 0.500. The average Bonchev–Trinajstić information content (AvgIpc) is 2.88. The predicted octanol–water partition coefficient (Wildman–Crippen LogP) is 3.69. The van der Waals surface area contributed by atoms with Crippen LogP contribution in [-0.2, 0) is 0 Å². The van der Waals surface area contributed by atoms with Crippen LogP contribution >= 0.6 is 22.6 Å². The van der Waals surface area contributed by atoms with Crippen molar-refractivity contribution < 1.29 is 0 Å². The Morgan fingerprint density at radius 2 is 1.90 bits per heavy atom. The van der Waals surface area contributed by atoms with Crippen LogP contribution in [0.2, 0.25) is 0 Å². The molecule has 2 rings (SSSR count). The summed E-state index contributed by atoms with van der Waals surface area (Å²) < 4.78 is 3.17. The van der Waals surface area contributed by atoms with Crippen molar-refractivity contribution in [1.82, 2.24) is 19.5 Å². The van der Waals surface area contributed by atoms with Crippen molar-refractivity contribution in [1.29, 1.82) is 0 Å². The Hall–Kier alpha value is -1.18. The normalized spacial score (nSPS) is 11.4. The molecule has 1 N–H and O–H groups in total. The monoisotopic (exact) mass is 385 g/mol. The van der Waals surface area contributed by atoms with Crippen LogP contribution in [0.15, 0.2) is 12.5 Å². The van der Waals surface area contributed by atoms with Crippen molar-refractivity contribution in [2.75, 3.05) is 12.4 Å². The Kier molecular flexibility index (Phi) is 4.62. The third-order valence-corrected chi connectivity index (χ3v) is 4.18. The molecule has 0 fully saturated rings. The van der Waals surface area contributed by atoms with Gasteiger partial charge in [-0.2, -0.15) is 0 Å². The first kappa shape index (κ1) is 15.2. The topological polar surface area (TPSA) is 55.6 Å². The minimum absolute atomic E-state index is 0.330. The highest BCUT2D eigenvalue weighted by molar-refractivity contribution is 14.1. The van der Waals surface area contributed by atoms with Crippen molar-refractivity contribution >= 4 is 28.4 Å². The summed E-state index contributed by atoms with van der Waals surface area (Å²) in [5.41, 5.74) is 2.02. The molecule has 0 bridgehead atoms. The van der Waals surface area contributed by atoms with Gasteiger partial charge >= 0.3 is 0 Å². The van der Waals surface area contributed by atoms with Crippen LogP contribution in [0.25, 0.3) is 11.5 Å². The highest BCUT2D eigenvalue weighted by atomic mass is 127. The van der Waals surface area contributed by atoms with E-state index in [2.05, 4.69) is 70.1 Å². The molecule has 0 amide bonds. The lowest BCUT2D eigenvalue weighted by Crippen LogP contribution is -2.09. The summed E-state index contributed by atoms with van der Waals surface area (Å²) >= 11 is 2.30. The van der Waals surface area contributed by atoms with E-state index >= 15 is 0 Å². The fourth-order valence-corrected chi connectivity index (χ4v) is 3.15. The number of hydrogen-bond acceptors (Lipinski definition) is 4. The molecule has 2 heterocycles. The summed E-state index contributed by atoms with van der Waals surface area (Å²) in [4.78, 5) is 13.6. The van der Waals surface area contributed by atoms with Crippen LogP contribution in [0.3, 0.4) is 0 Å².